The molecule has 6 nitrogen and oxygen atoms in total. The third kappa shape index (κ3) is 5.00. The van der Waals surface area contributed by atoms with Gasteiger partial charge in [-0.05, 0) is 74.5 Å². The second-order valence-corrected chi connectivity index (χ2v) is 10.6. The Hall–Kier alpha value is -2.22. The molecule has 2 aliphatic heterocycles. The Bertz CT molecular complexity index is 978. The summed E-state index contributed by atoms with van der Waals surface area (Å²) in [6, 6.07) is 16.0. The summed E-state index contributed by atoms with van der Waals surface area (Å²) in [7, 11) is -3.49. The number of anilines is 1. The first-order valence-electron chi connectivity index (χ1n) is 11.2. The molecule has 1 atom stereocenters. The molecule has 0 bridgehead atoms. The van der Waals surface area contributed by atoms with Crippen molar-refractivity contribution in [2.75, 3.05) is 31.5 Å². The first-order chi connectivity index (χ1) is 14.9. The number of likely N-dealkylation sites (tertiary alicyclic amines) is 1. The average molecular weight is 442 g/mol. The van der Waals surface area contributed by atoms with Crippen LogP contribution in [0, 0.1) is 5.92 Å². The van der Waals surface area contributed by atoms with Gasteiger partial charge in [0.15, 0.2) is 0 Å². The minimum absolute atomic E-state index is 0.0891. The molecule has 1 amide bonds. The van der Waals surface area contributed by atoms with Crippen LogP contribution in [0.15, 0.2) is 59.5 Å². The number of hydrogen-bond acceptors (Lipinski definition) is 4. The van der Waals surface area contributed by atoms with Gasteiger partial charge in [0.2, 0.25) is 15.9 Å². The molecule has 0 aromatic heterocycles. The first kappa shape index (κ1) is 22.0. The number of hydrogen-bond donors (Lipinski definition) is 1. The standard InChI is InChI=1S/C24H31N3O3S/c1-19-13-17-27(18-14-19)31(29,30)22-11-9-21(10-12-22)25-24(28)23(26-15-5-6-16-26)20-7-3-2-4-8-20/h2-4,7-12,19,23H,5-6,13-18H2,1H3,(H,25,28). The molecule has 0 saturated carbocycles. The van der Waals surface area contributed by atoms with Gasteiger partial charge in [0, 0.05) is 18.8 Å². The number of benzene rings is 2. The molecular formula is C24H31N3O3S. The normalized spacial score (nSPS) is 19.9. The highest BCUT2D eigenvalue weighted by Gasteiger charge is 2.30. The molecule has 1 N–H and O–H groups in total. The largest absolute Gasteiger partial charge is 0.324 e. The Balaban J connectivity index is 1.48. The van der Waals surface area contributed by atoms with Crippen LogP contribution in [0.25, 0.3) is 0 Å². The van der Waals surface area contributed by atoms with E-state index in [0.717, 1.165) is 44.3 Å². The van der Waals surface area contributed by atoms with Crippen LogP contribution in [0.4, 0.5) is 5.69 Å². The third-order valence-electron chi connectivity index (χ3n) is 6.37. The van der Waals surface area contributed by atoms with Crippen LogP contribution >= 0.6 is 0 Å². The van der Waals surface area contributed by atoms with Gasteiger partial charge in [-0.3, -0.25) is 9.69 Å². The predicted molar refractivity (Wildman–Crippen MR) is 122 cm³/mol. The van der Waals surface area contributed by atoms with Crippen LogP contribution in [-0.4, -0.2) is 49.7 Å². The van der Waals surface area contributed by atoms with E-state index in [0.29, 0.717) is 24.7 Å². The van der Waals surface area contributed by atoms with Crippen molar-refractivity contribution in [1.29, 1.82) is 0 Å². The molecule has 2 fully saturated rings. The number of amides is 1. The molecule has 1 unspecified atom stereocenters. The Kier molecular flexibility index (Phi) is 6.74. The highest BCUT2D eigenvalue weighted by Crippen LogP contribution is 2.28. The SMILES string of the molecule is CC1CCN(S(=O)(=O)c2ccc(NC(=O)C(c3ccccc3)N3CCCC3)cc2)CC1. The third-order valence-corrected chi connectivity index (χ3v) is 8.28. The maximum atomic E-state index is 13.2. The van der Waals surface area contributed by atoms with E-state index in [9.17, 15) is 13.2 Å². The number of carbonyl (C=O) groups is 1. The molecule has 0 spiro atoms. The van der Waals surface area contributed by atoms with Crippen molar-refractivity contribution >= 4 is 21.6 Å². The predicted octanol–water partition coefficient (Wildman–Crippen LogP) is 3.88. The van der Waals surface area contributed by atoms with Gasteiger partial charge < -0.3 is 5.32 Å². The summed E-state index contributed by atoms with van der Waals surface area (Å²) >= 11 is 0. The fourth-order valence-corrected chi connectivity index (χ4v) is 5.93. The zero-order valence-corrected chi connectivity index (χ0v) is 18.9. The van der Waals surface area contributed by atoms with Gasteiger partial charge in [-0.1, -0.05) is 37.3 Å². The quantitative estimate of drug-likeness (QED) is 0.739. The second kappa shape index (κ2) is 9.51. The number of piperidine rings is 1. The molecule has 166 valence electrons. The summed E-state index contributed by atoms with van der Waals surface area (Å²) in [4.78, 5) is 15.7. The molecule has 2 heterocycles. The van der Waals surface area contributed by atoms with Crippen molar-refractivity contribution in [2.45, 2.75) is 43.5 Å². The highest BCUT2D eigenvalue weighted by atomic mass is 32.2. The Labute approximate surface area is 185 Å². The van der Waals surface area contributed by atoms with Crippen LogP contribution in [-0.2, 0) is 14.8 Å². The van der Waals surface area contributed by atoms with E-state index in [-0.39, 0.29) is 16.8 Å². The smallest absolute Gasteiger partial charge is 0.246 e. The Morgan fingerprint density at radius 3 is 2.16 bits per heavy atom. The zero-order chi connectivity index (χ0) is 21.8. The van der Waals surface area contributed by atoms with Crippen LogP contribution in [0.2, 0.25) is 0 Å². The van der Waals surface area contributed by atoms with E-state index < -0.39 is 10.0 Å². The number of carbonyl (C=O) groups excluding carboxylic acids is 1. The summed E-state index contributed by atoms with van der Waals surface area (Å²) in [5.41, 5.74) is 1.58. The minimum Gasteiger partial charge on any atom is -0.324 e. The minimum atomic E-state index is -3.49. The van der Waals surface area contributed by atoms with Gasteiger partial charge in [0.25, 0.3) is 0 Å². The van der Waals surface area contributed by atoms with Gasteiger partial charge in [0.1, 0.15) is 6.04 Å². The van der Waals surface area contributed by atoms with Crippen molar-refractivity contribution in [3.05, 3.63) is 60.2 Å². The molecule has 4 rings (SSSR count). The molecule has 2 aliphatic rings. The zero-order valence-electron chi connectivity index (χ0n) is 18.0. The Morgan fingerprint density at radius 1 is 0.935 bits per heavy atom. The van der Waals surface area contributed by atoms with Gasteiger partial charge in [-0.15, -0.1) is 0 Å². The number of nitrogens with one attached hydrogen (secondary N) is 1. The van der Waals surface area contributed by atoms with Crippen molar-refractivity contribution in [2.24, 2.45) is 5.92 Å². The number of rotatable bonds is 6. The fraction of sp³-hybridized carbons (Fsp3) is 0.458. The molecule has 2 aromatic rings. The van der Waals surface area contributed by atoms with Crippen molar-refractivity contribution < 1.29 is 13.2 Å². The topological polar surface area (TPSA) is 69.7 Å². The van der Waals surface area contributed by atoms with E-state index in [1.165, 1.54) is 0 Å². The van der Waals surface area contributed by atoms with Crippen LogP contribution in [0.1, 0.15) is 44.2 Å². The van der Waals surface area contributed by atoms with Crippen molar-refractivity contribution in [3.63, 3.8) is 0 Å². The lowest BCUT2D eigenvalue weighted by Gasteiger charge is -2.29. The second-order valence-electron chi connectivity index (χ2n) is 8.66. The molecule has 0 aliphatic carbocycles. The molecule has 2 saturated heterocycles. The number of nitrogens with zero attached hydrogens (tertiary/aromatic N) is 2. The molecule has 0 radical (unpaired) electrons. The van der Waals surface area contributed by atoms with Crippen LogP contribution in [0.5, 0.6) is 0 Å². The highest BCUT2D eigenvalue weighted by molar-refractivity contribution is 7.89. The lowest BCUT2D eigenvalue weighted by molar-refractivity contribution is -0.121. The van der Waals surface area contributed by atoms with Crippen LogP contribution < -0.4 is 5.32 Å². The molecule has 7 heteroatoms. The van der Waals surface area contributed by atoms with Crippen molar-refractivity contribution in [3.8, 4) is 0 Å². The van der Waals surface area contributed by atoms with E-state index in [2.05, 4.69) is 17.1 Å². The van der Waals surface area contributed by atoms with Gasteiger partial charge >= 0.3 is 0 Å². The summed E-state index contributed by atoms with van der Waals surface area (Å²) in [6.45, 7) is 5.09. The Morgan fingerprint density at radius 2 is 1.55 bits per heavy atom. The first-order valence-corrected chi connectivity index (χ1v) is 12.6. The van der Waals surface area contributed by atoms with Crippen molar-refractivity contribution in [1.82, 2.24) is 9.21 Å². The van der Waals surface area contributed by atoms with E-state index in [1.807, 2.05) is 30.3 Å². The summed E-state index contributed by atoms with van der Waals surface area (Å²) in [6.07, 6.45) is 3.98. The van der Waals surface area contributed by atoms with E-state index in [4.69, 9.17) is 0 Å². The molecule has 2 aromatic carbocycles. The summed E-state index contributed by atoms with van der Waals surface area (Å²) in [5, 5.41) is 2.99. The average Bonchev–Trinajstić information content (AvgIpc) is 3.30. The van der Waals surface area contributed by atoms with Gasteiger partial charge in [-0.25, -0.2) is 8.42 Å². The monoisotopic (exact) mass is 441 g/mol. The summed E-state index contributed by atoms with van der Waals surface area (Å²) < 4.78 is 27.4. The summed E-state index contributed by atoms with van der Waals surface area (Å²) in [5.74, 6) is 0.478. The van der Waals surface area contributed by atoms with E-state index >= 15 is 0 Å². The number of sulfonamides is 1. The van der Waals surface area contributed by atoms with Gasteiger partial charge in [-0.2, -0.15) is 4.31 Å². The van der Waals surface area contributed by atoms with Gasteiger partial charge in [0.05, 0.1) is 4.90 Å². The van der Waals surface area contributed by atoms with Crippen LogP contribution in [0.3, 0.4) is 0 Å². The lowest BCUT2D eigenvalue weighted by atomic mass is 10.0. The van der Waals surface area contributed by atoms with E-state index in [1.54, 1.807) is 28.6 Å². The lowest BCUT2D eigenvalue weighted by Crippen LogP contribution is -2.37. The molecular weight excluding hydrogens is 410 g/mol. The molecule has 31 heavy (non-hydrogen) atoms. The maximum absolute atomic E-state index is 13.2. The fourth-order valence-electron chi connectivity index (χ4n) is 4.46. The maximum Gasteiger partial charge on any atom is 0.246 e.